The maximum atomic E-state index is 12.9. The monoisotopic (exact) mass is 371 g/mol. The number of rotatable bonds is 6. The highest BCUT2D eigenvalue weighted by Gasteiger charge is 2.26. The zero-order chi connectivity index (χ0) is 19.4. The Morgan fingerprint density at radius 1 is 1.11 bits per heavy atom. The first-order chi connectivity index (χ1) is 12.9. The largest absolute Gasteiger partial charge is 0.472 e. The lowest BCUT2D eigenvalue weighted by atomic mass is 10.2. The molecule has 0 radical (unpaired) electrons. The van der Waals surface area contributed by atoms with Gasteiger partial charge < -0.3 is 19.9 Å². The number of aromatic nitrogens is 2. The van der Waals surface area contributed by atoms with Gasteiger partial charge in [0.1, 0.15) is 11.7 Å². The molecule has 1 aliphatic heterocycles. The van der Waals surface area contributed by atoms with Crippen LogP contribution in [0.3, 0.4) is 0 Å². The molecule has 2 aromatic rings. The Morgan fingerprint density at radius 3 is 2.41 bits per heavy atom. The number of hydrogen-bond donors (Lipinski definition) is 1. The number of carbonyl (C=O) groups is 1. The summed E-state index contributed by atoms with van der Waals surface area (Å²) in [4.78, 5) is 17.1. The molecule has 1 saturated heterocycles. The van der Waals surface area contributed by atoms with E-state index in [1.165, 1.54) is 5.69 Å². The second kappa shape index (κ2) is 8.33. The smallest absolute Gasteiger partial charge is 0.256 e. The van der Waals surface area contributed by atoms with Crippen molar-refractivity contribution in [2.45, 2.75) is 32.9 Å². The van der Waals surface area contributed by atoms with E-state index in [4.69, 9.17) is 4.74 Å². The van der Waals surface area contributed by atoms with Gasteiger partial charge in [0.2, 0.25) is 5.91 Å². The predicted octanol–water partition coefficient (Wildman–Crippen LogP) is 2.36. The van der Waals surface area contributed by atoms with Gasteiger partial charge in [-0.15, -0.1) is 5.10 Å². The average Bonchev–Trinajstić information content (AvgIpc) is 3.00. The van der Waals surface area contributed by atoms with Gasteiger partial charge in [-0.25, -0.2) is 0 Å². The summed E-state index contributed by atoms with van der Waals surface area (Å²) in [5, 5.41) is 7.58. The number of hydrogen-bond acceptors (Lipinski definition) is 5. The molecule has 1 atom stereocenters. The van der Waals surface area contributed by atoms with E-state index in [1.54, 1.807) is 4.68 Å². The van der Waals surface area contributed by atoms with Crippen LogP contribution in [0.15, 0.2) is 36.5 Å². The van der Waals surface area contributed by atoms with Gasteiger partial charge in [0.05, 0.1) is 12.3 Å². The minimum atomic E-state index is -0.341. The number of amides is 1. The van der Waals surface area contributed by atoms with E-state index in [-0.39, 0.29) is 18.1 Å². The normalized spacial score (nSPS) is 15.7. The highest BCUT2D eigenvalue weighted by atomic mass is 16.5. The van der Waals surface area contributed by atoms with Crippen molar-refractivity contribution in [2.75, 3.05) is 36.4 Å². The maximum absolute atomic E-state index is 12.9. The van der Waals surface area contributed by atoms with Crippen molar-refractivity contribution in [1.82, 2.24) is 14.7 Å². The number of carbonyl (C=O) groups excluding carboxylic acids is 1. The molecule has 1 unspecified atom stereocenters. The minimum absolute atomic E-state index is 0.0255. The third-order valence-electron chi connectivity index (χ3n) is 4.60. The number of para-hydroxylation sites is 1. The Balaban J connectivity index is 1.57. The second-order valence-corrected chi connectivity index (χ2v) is 7.20. The lowest BCUT2D eigenvalue weighted by molar-refractivity contribution is -0.131. The quantitative estimate of drug-likeness (QED) is 0.845. The molecule has 0 saturated carbocycles. The van der Waals surface area contributed by atoms with Crippen molar-refractivity contribution in [3.63, 3.8) is 0 Å². The fraction of sp³-hybridized carbons (Fsp3) is 0.500. The van der Waals surface area contributed by atoms with E-state index < -0.39 is 0 Å². The molecule has 146 valence electrons. The van der Waals surface area contributed by atoms with Gasteiger partial charge in [0, 0.05) is 38.9 Å². The Kier molecular flexibility index (Phi) is 5.88. The van der Waals surface area contributed by atoms with Crippen LogP contribution in [0.5, 0.6) is 5.88 Å². The van der Waals surface area contributed by atoms with Crippen molar-refractivity contribution in [3.05, 3.63) is 36.5 Å². The summed E-state index contributed by atoms with van der Waals surface area (Å²) >= 11 is 0. The molecule has 1 aromatic heterocycles. The average molecular weight is 371 g/mol. The van der Waals surface area contributed by atoms with Crippen LogP contribution in [-0.2, 0) is 11.8 Å². The van der Waals surface area contributed by atoms with Crippen LogP contribution >= 0.6 is 0 Å². The van der Waals surface area contributed by atoms with Crippen LogP contribution in [-0.4, -0.2) is 58.9 Å². The van der Waals surface area contributed by atoms with Gasteiger partial charge in [-0.1, -0.05) is 18.2 Å². The number of benzene rings is 1. The minimum Gasteiger partial charge on any atom is -0.472 e. The molecule has 1 amide bonds. The van der Waals surface area contributed by atoms with Crippen LogP contribution < -0.4 is 15.0 Å². The molecule has 0 aliphatic carbocycles. The van der Waals surface area contributed by atoms with Crippen LogP contribution in [0.2, 0.25) is 0 Å². The van der Waals surface area contributed by atoms with E-state index in [9.17, 15) is 4.79 Å². The van der Waals surface area contributed by atoms with Gasteiger partial charge in [-0.3, -0.25) is 9.48 Å². The van der Waals surface area contributed by atoms with Crippen molar-refractivity contribution in [2.24, 2.45) is 7.05 Å². The van der Waals surface area contributed by atoms with Crippen LogP contribution in [0.4, 0.5) is 11.4 Å². The van der Waals surface area contributed by atoms with Crippen molar-refractivity contribution >= 4 is 17.3 Å². The highest BCUT2D eigenvalue weighted by Crippen LogP contribution is 2.24. The molecule has 0 spiro atoms. The molecule has 2 heterocycles. The zero-order valence-corrected chi connectivity index (χ0v) is 16.6. The summed E-state index contributed by atoms with van der Waals surface area (Å²) in [5.41, 5.74) is 1.96. The molecule has 1 aromatic carbocycles. The molecule has 7 nitrogen and oxygen atoms in total. The molecule has 1 aliphatic rings. The van der Waals surface area contributed by atoms with Gasteiger partial charge in [-0.2, -0.15) is 0 Å². The van der Waals surface area contributed by atoms with E-state index >= 15 is 0 Å². The summed E-state index contributed by atoms with van der Waals surface area (Å²) in [6.45, 7) is 8.94. The third-order valence-corrected chi connectivity index (χ3v) is 4.60. The van der Waals surface area contributed by atoms with E-state index in [0.717, 1.165) is 31.9 Å². The maximum Gasteiger partial charge on any atom is 0.256 e. The Morgan fingerprint density at radius 2 is 1.78 bits per heavy atom. The van der Waals surface area contributed by atoms with E-state index in [0.29, 0.717) is 5.88 Å². The molecule has 7 heteroatoms. The second-order valence-electron chi connectivity index (χ2n) is 7.20. The molecule has 1 fully saturated rings. The predicted molar refractivity (Wildman–Crippen MR) is 107 cm³/mol. The van der Waals surface area contributed by atoms with Gasteiger partial charge in [0.25, 0.3) is 5.88 Å². The molecular formula is C20H29N5O2. The standard InChI is InChI=1S/C20H29N5O2/c1-15(2)27-19-18(14-23(4)22-19)21-16(3)20(26)25-12-10-24(11-13-25)17-8-6-5-7-9-17/h5-9,14-16,21H,10-13H2,1-4H3. The molecule has 3 rings (SSSR count). The topological polar surface area (TPSA) is 62.6 Å². The first-order valence-electron chi connectivity index (χ1n) is 9.49. The van der Waals surface area contributed by atoms with Crippen molar-refractivity contribution < 1.29 is 9.53 Å². The fourth-order valence-corrected chi connectivity index (χ4v) is 3.27. The van der Waals surface area contributed by atoms with Gasteiger partial charge >= 0.3 is 0 Å². The summed E-state index contributed by atoms with van der Waals surface area (Å²) < 4.78 is 7.42. The molecule has 27 heavy (non-hydrogen) atoms. The summed E-state index contributed by atoms with van der Waals surface area (Å²) in [6, 6.07) is 9.99. The lowest BCUT2D eigenvalue weighted by Crippen LogP contribution is -2.52. The Hall–Kier alpha value is -2.70. The summed E-state index contributed by atoms with van der Waals surface area (Å²) in [6.07, 6.45) is 1.87. The summed E-state index contributed by atoms with van der Waals surface area (Å²) in [5.74, 6) is 0.628. The van der Waals surface area contributed by atoms with Crippen LogP contribution in [0.25, 0.3) is 0 Å². The zero-order valence-electron chi connectivity index (χ0n) is 16.6. The first kappa shape index (κ1) is 19.1. The molecular weight excluding hydrogens is 342 g/mol. The van der Waals surface area contributed by atoms with Crippen LogP contribution in [0, 0.1) is 0 Å². The molecule has 0 bridgehead atoms. The number of piperazine rings is 1. The Labute approximate surface area is 160 Å². The number of aryl methyl sites for hydroxylation is 1. The molecule has 1 N–H and O–H groups in total. The van der Waals surface area contributed by atoms with Gasteiger partial charge in [-0.05, 0) is 32.9 Å². The number of nitrogens with one attached hydrogen (secondary N) is 1. The first-order valence-corrected chi connectivity index (χ1v) is 9.49. The highest BCUT2D eigenvalue weighted by molar-refractivity contribution is 5.85. The Bertz CT molecular complexity index is 751. The van der Waals surface area contributed by atoms with E-state index in [2.05, 4.69) is 27.4 Å². The SMILES string of the molecule is CC(C)Oc1nn(C)cc1NC(C)C(=O)N1CCN(c2ccccc2)CC1. The van der Waals surface area contributed by atoms with Crippen LogP contribution in [0.1, 0.15) is 20.8 Å². The van der Waals surface area contributed by atoms with E-state index in [1.807, 2.05) is 57.1 Å². The van der Waals surface area contributed by atoms with Crippen molar-refractivity contribution in [1.29, 1.82) is 0 Å². The number of ether oxygens (including phenoxy) is 1. The van der Waals surface area contributed by atoms with Gasteiger partial charge in [0.15, 0.2) is 0 Å². The fourth-order valence-electron chi connectivity index (χ4n) is 3.27. The lowest BCUT2D eigenvalue weighted by Gasteiger charge is -2.37. The summed E-state index contributed by atoms with van der Waals surface area (Å²) in [7, 11) is 1.84. The third kappa shape index (κ3) is 4.72. The number of anilines is 2. The van der Waals surface area contributed by atoms with Crippen molar-refractivity contribution in [3.8, 4) is 5.88 Å². The number of nitrogens with zero attached hydrogens (tertiary/aromatic N) is 4.